The summed E-state index contributed by atoms with van der Waals surface area (Å²) in [6, 6.07) is 10.6. The molecular formula is C29H35BrFN7O4. The fraction of sp³-hybridized carbons (Fsp3) is 0.448. The second-order valence-electron chi connectivity index (χ2n) is 11.4. The molecule has 3 amide bonds. The fourth-order valence-corrected chi connectivity index (χ4v) is 5.03. The highest BCUT2D eigenvalue weighted by Crippen LogP contribution is 2.29. The number of ether oxygens (including phenoxy) is 1. The number of tetrazole rings is 1. The van der Waals surface area contributed by atoms with Crippen molar-refractivity contribution in [2.75, 3.05) is 11.9 Å². The molecule has 0 spiro atoms. The van der Waals surface area contributed by atoms with Crippen LogP contribution in [-0.2, 0) is 20.7 Å². The van der Waals surface area contributed by atoms with Crippen molar-refractivity contribution in [1.82, 2.24) is 31.3 Å². The minimum Gasteiger partial charge on any atom is -0.444 e. The number of carbonyl (C=O) groups is 3. The summed E-state index contributed by atoms with van der Waals surface area (Å²) in [5.41, 5.74) is 1.24. The van der Waals surface area contributed by atoms with E-state index in [2.05, 4.69) is 52.5 Å². The van der Waals surface area contributed by atoms with Crippen LogP contribution in [0.25, 0.3) is 11.4 Å². The predicted molar refractivity (Wildman–Crippen MR) is 158 cm³/mol. The standard InChI is InChI=1S/C29H35BrFN7O4/c1-29(2,3)42-28(41)32-16-17-4-7-20(8-5-17)26(39)34-24(15-18-6-13-22(30)23(31)14-18)27(40)33-21-11-9-19(10-12-21)25-35-37-38-36-25/h6,9-14,17,20,24H,4-5,7-8,15-16H2,1-3H3,(H,32,41)(H,33,40)(H,34,39)(H,35,36,37,38)/t17?,20?,24-/m0/s1. The van der Waals surface area contributed by atoms with Gasteiger partial charge in [0.1, 0.15) is 17.5 Å². The topological polar surface area (TPSA) is 151 Å². The van der Waals surface area contributed by atoms with Gasteiger partial charge in [-0.2, -0.15) is 5.21 Å². The molecule has 1 saturated carbocycles. The molecule has 0 aliphatic heterocycles. The van der Waals surface area contributed by atoms with Crippen molar-refractivity contribution in [3.63, 3.8) is 0 Å². The molecule has 4 N–H and O–H groups in total. The Morgan fingerprint density at radius 2 is 1.81 bits per heavy atom. The molecule has 0 unspecified atom stereocenters. The zero-order valence-electron chi connectivity index (χ0n) is 23.7. The Morgan fingerprint density at radius 1 is 1.10 bits per heavy atom. The van der Waals surface area contributed by atoms with E-state index < -0.39 is 29.5 Å². The van der Waals surface area contributed by atoms with E-state index in [0.29, 0.717) is 46.5 Å². The first-order chi connectivity index (χ1) is 20.0. The van der Waals surface area contributed by atoms with E-state index in [1.807, 2.05) is 20.8 Å². The SMILES string of the molecule is CC(C)(C)OC(=O)NCC1CCC(C(=O)N[C@@H](Cc2ccc(Br)c(F)c2)C(=O)Nc2ccc(-c3nn[nH]n3)cc2)CC1. The molecule has 42 heavy (non-hydrogen) atoms. The maximum Gasteiger partial charge on any atom is 0.407 e. The highest BCUT2D eigenvalue weighted by molar-refractivity contribution is 9.10. The van der Waals surface area contributed by atoms with Crippen molar-refractivity contribution in [1.29, 1.82) is 0 Å². The van der Waals surface area contributed by atoms with Crippen LogP contribution in [-0.4, -0.2) is 56.7 Å². The quantitative estimate of drug-likeness (QED) is 0.262. The van der Waals surface area contributed by atoms with Gasteiger partial charge in [0.2, 0.25) is 17.6 Å². The second-order valence-corrected chi connectivity index (χ2v) is 12.3. The number of alkyl carbamates (subject to hydrolysis) is 1. The zero-order chi connectivity index (χ0) is 30.3. The highest BCUT2D eigenvalue weighted by atomic mass is 79.9. The molecule has 1 fully saturated rings. The van der Waals surface area contributed by atoms with Crippen molar-refractivity contribution in [3.05, 3.63) is 58.3 Å². The average Bonchev–Trinajstić information content (AvgIpc) is 3.48. The summed E-state index contributed by atoms with van der Waals surface area (Å²) >= 11 is 3.15. The van der Waals surface area contributed by atoms with Gasteiger partial charge in [0.25, 0.3) is 0 Å². The molecule has 13 heteroatoms. The molecule has 1 aliphatic rings. The maximum atomic E-state index is 14.2. The lowest BCUT2D eigenvalue weighted by atomic mass is 9.81. The molecule has 1 heterocycles. The Labute approximate surface area is 251 Å². The summed E-state index contributed by atoms with van der Waals surface area (Å²) in [7, 11) is 0. The van der Waals surface area contributed by atoms with Crippen LogP contribution in [0.2, 0.25) is 0 Å². The van der Waals surface area contributed by atoms with Gasteiger partial charge in [-0.1, -0.05) is 6.07 Å². The van der Waals surface area contributed by atoms with Gasteiger partial charge in [0, 0.05) is 30.1 Å². The van der Waals surface area contributed by atoms with Crippen molar-refractivity contribution in [2.24, 2.45) is 11.8 Å². The molecule has 1 aromatic heterocycles. The Bertz CT molecular complexity index is 1370. The van der Waals surface area contributed by atoms with Crippen molar-refractivity contribution >= 4 is 39.5 Å². The van der Waals surface area contributed by atoms with Crippen LogP contribution < -0.4 is 16.0 Å². The van der Waals surface area contributed by atoms with Gasteiger partial charge in [-0.05, 0) is 115 Å². The summed E-state index contributed by atoms with van der Waals surface area (Å²) in [5.74, 6) is -0.706. The van der Waals surface area contributed by atoms with Crippen LogP contribution in [0, 0.1) is 17.7 Å². The van der Waals surface area contributed by atoms with Gasteiger partial charge in [-0.3, -0.25) is 9.59 Å². The summed E-state index contributed by atoms with van der Waals surface area (Å²) in [6.45, 7) is 5.91. The number of hydrogen-bond donors (Lipinski definition) is 4. The normalized spacial score (nSPS) is 17.6. The number of nitrogens with zero attached hydrogens (tertiary/aromatic N) is 3. The monoisotopic (exact) mass is 643 g/mol. The van der Waals surface area contributed by atoms with E-state index in [-0.39, 0.29) is 24.2 Å². The number of H-pyrrole nitrogens is 1. The molecule has 224 valence electrons. The Morgan fingerprint density at radius 3 is 2.43 bits per heavy atom. The van der Waals surface area contributed by atoms with Crippen molar-refractivity contribution < 1.29 is 23.5 Å². The number of aromatic nitrogens is 4. The second kappa shape index (κ2) is 13.9. The summed E-state index contributed by atoms with van der Waals surface area (Å²) in [5, 5.41) is 22.4. The van der Waals surface area contributed by atoms with Gasteiger partial charge in [0.05, 0.1) is 4.47 Å². The molecule has 3 aromatic rings. The Kier molecular flexibility index (Phi) is 10.3. The summed E-state index contributed by atoms with van der Waals surface area (Å²) in [6.07, 6.45) is 2.43. The number of rotatable bonds is 9. The molecule has 0 radical (unpaired) electrons. The minimum atomic E-state index is -0.929. The average molecular weight is 645 g/mol. The molecule has 1 aliphatic carbocycles. The molecule has 2 aromatic carbocycles. The molecule has 4 rings (SSSR count). The number of aromatic amines is 1. The molecular weight excluding hydrogens is 609 g/mol. The lowest BCUT2D eigenvalue weighted by molar-refractivity contribution is -0.130. The number of carbonyl (C=O) groups excluding carboxylic acids is 3. The van der Waals surface area contributed by atoms with E-state index in [1.165, 1.54) is 6.07 Å². The first-order valence-corrected chi connectivity index (χ1v) is 14.6. The van der Waals surface area contributed by atoms with Gasteiger partial charge in [-0.15, -0.1) is 10.2 Å². The lowest BCUT2D eigenvalue weighted by Crippen LogP contribution is -2.48. The first-order valence-electron chi connectivity index (χ1n) is 13.8. The maximum absolute atomic E-state index is 14.2. The number of hydrogen-bond acceptors (Lipinski definition) is 7. The Balaban J connectivity index is 1.37. The predicted octanol–water partition coefficient (Wildman–Crippen LogP) is 4.77. The van der Waals surface area contributed by atoms with Crippen LogP contribution in [0.4, 0.5) is 14.9 Å². The summed E-state index contributed by atoms with van der Waals surface area (Å²) in [4.78, 5) is 38.7. The summed E-state index contributed by atoms with van der Waals surface area (Å²) < 4.78 is 19.8. The lowest BCUT2D eigenvalue weighted by Gasteiger charge is -2.29. The molecule has 0 bridgehead atoms. The molecule has 11 nitrogen and oxygen atoms in total. The minimum absolute atomic E-state index is 0.109. The van der Waals surface area contributed by atoms with Crippen LogP contribution in [0.3, 0.4) is 0 Å². The number of amides is 3. The van der Waals surface area contributed by atoms with Crippen LogP contribution >= 0.6 is 15.9 Å². The Hall–Kier alpha value is -3.87. The van der Waals surface area contributed by atoms with Gasteiger partial charge < -0.3 is 20.7 Å². The van der Waals surface area contributed by atoms with E-state index in [4.69, 9.17) is 4.74 Å². The number of halogens is 2. The van der Waals surface area contributed by atoms with Gasteiger partial charge in [0.15, 0.2) is 0 Å². The van der Waals surface area contributed by atoms with Gasteiger partial charge in [-0.25, -0.2) is 9.18 Å². The smallest absolute Gasteiger partial charge is 0.407 e. The van der Waals surface area contributed by atoms with E-state index >= 15 is 0 Å². The van der Waals surface area contributed by atoms with Crippen LogP contribution in [0.15, 0.2) is 46.9 Å². The van der Waals surface area contributed by atoms with E-state index in [9.17, 15) is 18.8 Å². The van der Waals surface area contributed by atoms with E-state index in [1.54, 1.807) is 36.4 Å². The van der Waals surface area contributed by atoms with Crippen molar-refractivity contribution in [2.45, 2.75) is 64.5 Å². The number of anilines is 1. The molecule has 0 saturated heterocycles. The van der Waals surface area contributed by atoms with Crippen LogP contribution in [0.5, 0.6) is 0 Å². The third-order valence-electron chi connectivity index (χ3n) is 6.96. The zero-order valence-corrected chi connectivity index (χ0v) is 25.3. The fourth-order valence-electron chi connectivity index (χ4n) is 4.79. The largest absolute Gasteiger partial charge is 0.444 e. The van der Waals surface area contributed by atoms with Crippen LogP contribution in [0.1, 0.15) is 52.0 Å². The van der Waals surface area contributed by atoms with Gasteiger partial charge >= 0.3 is 6.09 Å². The third kappa shape index (κ3) is 9.07. The van der Waals surface area contributed by atoms with E-state index in [0.717, 1.165) is 12.8 Å². The highest BCUT2D eigenvalue weighted by Gasteiger charge is 2.30. The number of nitrogens with one attached hydrogen (secondary N) is 4. The third-order valence-corrected chi connectivity index (χ3v) is 7.61. The molecule has 1 atom stereocenters. The van der Waals surface area contributed by atoms with Crippen molar-refractivity contribution in [3.8, 4) is 11.4 Å². The first kappa shape index (κ1) is 31.1. The number of benzene rings is 2.